The quantitative estimate of drug-likeness (QED) is 0.102. The van der Waals surface area contributed by atoms with Gasteiger partial charge in [-0.2, -0.15) is 0 Å². The van der Waals surface area contributed by atoms with Gasteiger partial charge in [0.15, 0.2) is 0 Å². The number of nitrogen functional groups attached to an aromatic ring is 1. The molecule has 6 N–H and O–H groups in total. The molecule has 186 valence electrons. The van der Waals surface area contributed by atoms with Gasteiger partial charge in [-0.3, -0.25) is 4.79 Å². The van der Waals surface area contributed by atoms with Crippen LogP contribution in [-0.2, 0) is 12.4 Å². The number of nitrogens with zero attached hydrogens (tertiary/aromatic N) is 1. The van der Waals surface area contributed by atoms with E-state index < -0.39 is 14.2 Å². The monoisotopic (exact) mass is 570 g/mol. The normalized spacial score (nSPS) is 12.0. The Balaban J connectivity index is 0.000000214. The average molecular weight is 570 g/mol. The van der Waals surface area contributed by atoms with Crippen molar-refractivity contribution in [2.24, 2.45) is 0 Å². The van der Waals surface area contributed by atoms with Gasteiger partial charge in [0.1, 0.15) is 5.01 Å². The summed E-state index contributed by atoms with van der Waals surface area (Å²) in [5, 5.41) is 16.3. The van der Waals surface area contributed by atoms with E-state index in [9.17, 15) is 13.3 Å². The smallest absolute Gasteiger partial charge is 0.255 e. The van der Waals surface area contributed by atoms with Gasteiger partial charge in [0.25, 0.3) is 5.91 Å². The van der Waals surface area contributed by atoms with Crippen molar-refractivity contribution in [1.29, 1.82) is 0 Å². The van der Waals surface area contributed by atoms with Crippen LogP contribution in [0.1, 0.15) is 17.3 Å². The number of amides is 2. The summed E-state index contributed by atoms with van der Waals surface area (Å²) in [7, 11) is 0. The van der Waals surface area contributed by atoms with E-state index in [-0.39, 0.29) is 16.2 Å². The molecule has 0 bridgehead atoms. The van der Waals surface area contributed by atoms with Crippen LogP contribution in [0.5, 0.6) is 0 Å². The summed E-state index contributed by atoms with van der Waals surface area (Å²) < 4.78 is 23.8. The molecule has 0 saturated heterocycles. The zero-order chi connectivity index (χ0) is 26.1. The first-order valence-corrected chi connectivity index (χ1v) is 14.6. The van der Waals surface area contributed by atoms with E-state index in [2.05, 4.69) is 19.5 Å². The first-order chi connectivity index (χ1) is 17.2. The zero-order valence-corrected chi connectivity index (χ0v) is 21.7. The van der Waals surface area contributed by atoms with Crippen molar-refractivity contribution in [1.82, 2.24) is 4.98 Å². The summed E-state index contributed by atoms with van der Waals surface area (Å²) >= 11 is -3.22. The van der Waals surface area contributed by atoms with Gasteiger partial charge < -0.3 is 11.1 Å². The molecule has 0 fully saturated rings. The summed E-state index contributed by atoms with van der Waals surface area (Å²) in [6, 6.07) is 20.1. The fraction of sp³-hybridized carbons (Fsp3) is 0.0417. The number of benzene rings is 3. The van der Waals surface area contributed by atoms with Gasteiger partial charge in [-0.25, -0.2) is 4.98 Å². The number of hydrogen-bond donors (Lipinski definition) is 5. The molecule has 1 aromatic heterocycles. The topological polar surface area (TPSA) is 164 Å². The molecular formula is C24H23AsN4O6S. The fourth-order valence-electron chi connectivity index (χ4n) is 2.94. The number of anilines is 3. The van der Waals surface area contributed by atoms with Crippen molar-refractivity contribution in [2.45, 2.75) is 6.92 Å². The molecule has 2 amide bonds. The second-order valence-electron chi connectivity index (χ2n) is 7.29. The third-order valence-corrected chi connectivity index (χ3v) is 7.92. The van der Waals surface area contributed by atoms with Crippen molar-refractivity contribution < 1.29 is 26.6 Å². The number of nitrogens with one attached hydrogen (secondary N) is 2. The van der Waals surface area contributed by atoms with Gasteiger partial charge in [0.05, 0.1) is 11.4 Å². The van der Waals surface area contributed by atoms with Gasteiger partial charge in [-0.1, -0.05) is 18.2 Å². The van der Waals surface area contributed by atoms with Gasteiger partial charge in [-0.05, 0) is 30.3 Å². The Bertz CT molecular complexity index is 1370. The third-order valence-electron chi connectivity index (χ3n) is 4.64. The molecule has 0 aliphatic carbocycles. The summed E-state index contributed by atoms with van der Waals surface area (Å²) in [6.07, 6.45) is 1.75. The predicted octanol–water partition coefficient (Wildman–Crippen LogP) is 3.35. The van der Waals surface area contributed by atoms with Crippen LogP contribution in [-0.4, -0.2) is 40.3 Å². The maximum Gasteiger partial charge on any atom is 0.255 e. The van der Waals surface area contributed by atoms with Crippen LogP contribution in [0.3, 0.4) is 0 Å². The van der Waals surface area contributed by atoms with Crippen LogP contribution in [0, 0.1) is 0 Å². The number of rotatable bonds is 6. The molecule has 36 heavy (non-hydrogen) atoms. The minimum Gasteiger partial charge on any atom is -0.397 e. The number of nitrogens with two attached hydrogens (primary N) is 1. The number of carbonyl (C=O) groups is 2. The molecule has 4 rings (SSSR count). The van der Waals surface area contributed by atoms with Crippen molar-refractivity contribution in [3.63, 3.8) is 0 Å². The van der Waals surface area contributed by atoms with Crippen LogP contribution >= 0.6 is 11.3 Å². The van der Waals surface area contributed by atoms with Crippen LogP contribution in [0.2, 0.25) is 0 Å². The van der Waals surface area contributed by atoms with E-state index in [0.717, 1.165) is 10.6 Å². The first kappa shape index (κ1) is 26.9. The minimum absolute atomic E-state index is 0.00438. The summed E-state index contributed by atoms with van der Waals surface area (Å²) in [6.45, 7) is 1.35. The number of hydrogen-bond acceptors (Lipinski definition) is 8. The van der Waals surface area contributed by atoms with Crippen LogP contribution < -0.4 is 20.7 Å². The molecule has 10 nitrogen and oxygen atoms in total. The Kier molecular flexibility index (Phi) is 9.18. The summed E-state index contributed by atoms with van der Waals surface area (Å²) in [5.41, 5.74) is 9.18. The molecule has 0 aliphatic heterocycles. The molecule has 1 atom stereocenters. The van der Waals surface area contributed by atoms with E-state index in [1.807, 2.05) is 35.7 Å². The van der Waals surface area contributed by atoms with Gasteiger partial charge >= 0.3 is 88.4 Å². The van der Waals surface area contributed by atoms with Gasteiger partial charge in [0, 0.05) is 22.7 Å². The zero-order valence-electron chi connectivity index (χ0n) is 19.0. The molecule has 0 saturated carbocycles. The molecule has 0 aliphatic rings. The van der Waals surface area contributed by atoms with Gasteiger partial charge in [0.2, 0.25) is 0 Å². The van der Waals surface area contributed by atoms with Crippen molar-refractivity contribution in [3.05, 3.63) is 89.9 Å². The third kappa shape index (κ3) is 7.38. The van der Waals surface area contributed by atoms with Gasteiger partial charge in [-0.15, -0.1) is 11.3 Å². The molecule has 1 heterocycles. The fourth-order valence-corrected chi connectivity index (χ4v) is 4.88. The Morgan fingerprint density at radius 3 is 2.28 bits per heavy atom. The molecule has 3 aromatic carbocycles. The summed E-state index contributed by atoms with van der Waals surface area (Å²) in [5.74, 6) is -0.414. The number of carbonyl (C=O) groups excluding carboxylic acids is 2. The van der Waals surface area contributed by atoms with E-state index in [1.165, 1.54) is 31.2 Å². The van der Waals surface area contributed by atoms with E-state index in [4.69, 9.17) is 15.1 Å². The second kappa shape index (κ2) is 12.3. The molecular weight excluding hydrogens is 547 g/mol. The summed E-state index contributed by atoms with van der Waals surface area (Å²) in [4.78, 5) is 27.0. The minimum atomic E-state index is -4.76. The van der Waals surface area contributed by atoms with E-state index in [1.54, 1.807) is 35.7 Å². The molecule has 0 spiro atoms. The molecule has 12 heteroatoms. The maximum atomic E-state index is 12.1. The Labute approximate surface area is 213 Å². The Hall–Kier alpha value is -3.73. The number of aromatic nitrogens is 1. The van der Waals surface area contributed by atoms with E-state index in [0.29, 0.717) is 22.6 Å². The molecule has 0 radical (unpaired) electrons. The van der Waals surface area contributed by atoms with Crippen molar-refractivity contribution in [3.8, 4) is 10.6 Å². The second-order valence-corrected chi connectivity index (χ2v) is 11.8. The average Bonchev–Trinajstić information content (AvgIpc) is 3.41. The molecule has 4 aromatic rings. The Morgan fingerprint density at radius 2 is 1.72 bits per heavy atom. The SMILES string of the molecule is CC(=O)Nc1ccc([As](=O)(O)OO)cc1.Nc1cc(-c2nccs2)ccc1NC(=O)c1ccccc1. The van der Waals surface area contributed by atoms with Crippen LogP contribution in [0.4, 0.5) is 17.1 Å². The van der Waals surface area contributed by atoms with Crippen LogP contribution in [0.15, 0.2) is 84.4 Å². The van der Waals surface area contributed by atoms with Crippen LogP contribution in [0.25, 0.3) is 10.6 Å². The maximum absolute atomic E-state index is 12.1. The largest absolute Gasteiger partial charge is 0.397 e. The van der Waals surface area contributed by atoms with Crippen molar-refractivity contribution >= 4 is 58.7 Å². The van der Waals surface area contributed by atoms with E-state index >= 15 is 0 Å². The number of thiazole rings is 1. The van der Waals surface area contributed by atoms with Crippen molar-refractivity contribution in [2.75, 3.05) is 16.4 Å². The molecule has 1 unspecified atom stereocenters. The first-order valence-electron chi connectivity index (χ1n) is 10.4. The Morgan fingerprint density at radius 1 is 1.03 bits per heavy atom. The standard InChI is InChI=1S/C16H13N3OS.C8H10AsNO5/c17-13-10-12(16-18-8-9-21-16)6-7-14(13)19-15(20)11-4-2-1-3-5-11;1-6(11)10-8-4-2-7(3-5-8)9(12,13)15-14/h1-10H,17H2,(H,19,20);2-5,14H,1H3,(H,10,11)(H,12,13). The predicted molar refractivity (Wildman–Crippen MR) is 139 cm³/mol.